The Bertz CT molecular complexity index is 2140. The van der Waals surface area contributed by atoms with E-state index in [1.807, 2.05) is 59.6 Å². The van der Waals surface area contributed by atoms with Gasteiger partial charge < -0.3 is 24.4 Å². The van der Waals surface area contributed by atoms with Gasteiger partial charge in [-0.1, -0.05) is 54.6 Å². The van der Waals surface area contributed by atoms with E-state index in [-0.39, 0.29) is 36.6 Å². The van der Waals surface area contributed by atoms with Gasteiger partial charge in [-0.05, 0) is 68.9 Å². The Kier molecular flexibility index (Phi) is 7.69. The van der Waals surface area contributed by atoms with Crippen LogP contribution in [-0.2, 0) is 24.2 Å². The molecule has 0 unspecified atom stereocenters. The van der Waals surface area contributed by atoms with Crippen LogP contribution in [0.25, 0.3) is 16.3 Å². The number of hydrogen-bond acceptors (Lipinski definition) is 7. The Morgan fingerprint density at radius 1 is 1.02 bits per heavy atom. The van der Waals surface area contributed by atoms with Crippen LogP contribution in [0.4, 0.5) is 11.4 Å². The molecule has 5 aromatic rings. The number of nitrogens with zero attached hydrogens (tertiary/aromatic N) is 3. The summed E-state index contributed by atoms with van der Waals surface area (Å²) in [5.74, 6) is 1.02. The molecule has 1 aromatic heterocycles. The highest BCUT2D eigenvalue weighted by atomic mass is 32.1. The molecule has 3 aliphatic rings. The fraction of sp³-hybridized carbons (Fsp3) is 0.205. The number of aliphatic imine (C=N–C) groups is 1. The van der Waals surface area contributed by atoms with Crippen molar-refractivity contribution in [1.29, 1.82) is 0 Å². The molecule has 0 saturated heterocycles. The van der Waals surface area contributed by atoms with E-state index >= 15 is 0 Å². The van der Waals surface area contributed by atoms with Gasteiger partial charge in [-0.25, -0.2) is 0 Å². The molecule has 240 valence electrons. The van der Waals surface area contributed by atoms with Crippen LogP contribution in [0.5, 0.6) is 17.2 Å². The van der Waals surface area contributed by atoms with E-state index in [4.69, 9.17) is 14.5 Å². The molecule has 0 aliphatic carbocycles. The third-order valence-electron chi connectivity index (χ3n) is 9.44. The fourth-order valence-corrected chi connectivity index (χ4v) is 7.68. The average molecular weight is 656 g/mol. The summed E-state index contributed by atoms with van der Waals surface area (Å²) in [5.41, 5.74) is 7.09. The Hall–Kier alpha value is -5.41. The number of rotatable bonds is 7. The van der Waals surface area contributed by atoms with E-state index in [0.717, 1.165) is 39.6 Å². The number of phenolic OH excluding ortho intramolecular Hbond substituents is 1. The van der Waals surface area contributed by atoms with Crippen LogP contribution in [-0.4, -0.2) is 54.3 Å². The number of aromatic hydroxyl groups is 1. The lowest BCUT2D eigenvalue weighted by atomic mass is 9.96. The molecule has 8 nitrogen and oxygen atoms in total. The van der Waals surface area contributed by atoms with Crippen LogP contribution in [0.3, 0.4) is 0 Å². The van der Waals surface area contributed by atoms with Crippen LogP contribution in [0.15, 0.2) is 94.6 Å². The van der Waals surface area contributed by atoms with Crippen molar-refractivity contribution in [3.63, 3.8) is 0 Å². The molecule has 2 amide bonds. The van der Waals surface area contributed by atoms with Crippen LogP contribution in [0, 0.1) is 0 Å². The summed E-state index contributed by atoms with van der Waals surface area (Å²) in [5, 5.41) is 16.6. The topological polar surface area (TPSA) is 91.7 Å². The zero-order valence-corrected chi connectivity index (χ0v) is 27.2. The summed E-state index contributed by atoms with van der Waals surface area (Å²) in [7, 11) is 1.56. The Labute approximate surface area is 282 Å². The molecule has 0 saturated carbocycles. The highest BCUT2D eigenvalue weighted by Crippen LogP contribution is 2.41. The smallest absolute Gasteiger partial charge is 0.257 e. The van der Waals surface area contributed by atoms with Gasteiger partial charge in [-0.2, -0.15) is 11.3 Å². The number of ether oxygens (including phenoxy) is 2. The number of benzene rings is 4. The van der Waals surface area contributed by atoms with Gasteiger partial charge in [-0.3, -0.25) is 14.6 Å². The number of anilines is 1. The highest BCUT2D eigenvalue weighted by Gasteiger charge is 2.32. The molecule has 0 bridgehead atoms. The quantitative estimate of drug-likeness (QED) is 0.198. The van der Waals surface area contributed by atoms with Crippen molar-refractivity contribution < 1.29 is 24.2 Å². The molecule has 1 atom stereocenters. The van der Waals surface area contributed by atoms with Gasteiger partial charge in [0.05, 0.1) is 36.5 Å². The number of hydrogen-bond donors (Lipinski definition) is 1. The maximum absolute atomic E-state index is 13.7. The molecule has 0 spiro atoms. The van der Waals surface area contributed by atoms with E-state index in [2.05, 4.69) is 22.9 Å². The molecule has 0 fully saturated rings. The first kappa shape index (κ1) is 30.0. The average Bonchev–Trinajstić information content (AvgIpc) is 3.78. The number of carbonyl (C=O) groups is 2. The molecule has 48 heavy (non-hydrogen) atoms. The van der Waals surface area contributed by atoms with Gasteiger partial charge in [-0.15, -0.1) is 0 Å². The zero-order valence-electron chi connectivity index (χ0n) is 26.4. The zero-order chi connectivity index (χ0) is 32.8. The predicted octanol–water partition coefficient (Wildman–Crippen LogP) is 7.34. The lowest BCUT2D eigenvalue weighted by molar-refractivity contribution is -0.117. The molecule has 1 N–H and O–H groups in total. The van der Waals surface area contributed by atoms with Crippen molar-refractivity contribution in [2.45, 2.75) is 31.9 Å². The summed E-state index contributed by atoms with van der Waals surface area (Å²) >= 11 is 1.67. The SMILES string of the molecule is COc1cc2c(cc1OCc1cccc(CC(=O)N3CCc4c3cc(O)c3ccccc43)c1)N=C[C@@H]1CC(c3ccsc3)=CCN1C2=O. The fourth-order valence-electron chi connectivity index (χ4n) is 7.00. The monoisotopic (exact) mass is 655 g/mol. The Morgan fingerprint density at radius 2 is 1.88 bits per heavy atom. The van der Waals surface area contributed by atoms with E-state index in [1.54, 1.807) is 41.5 Å². The lowest BCUT2D eigenvalue weighted by Gasteiger charge is -2.32. The van der Waals surface area contributed by atoms with Gasteiger partial charge in [0.15, 0.2) is 11.5 Å². The first-order valence-corrected chi connectivity index (χ1v) is 16.9. The number of phenols is 1. The van der Waals surface area contributed by atoms with Gasteiger partial charge in [0.1, 0.15) is 12.4 Å². The second-order valence-corrected chi connectivity index (χ2v) is 13.1. The lowest BCUT2D eigenvalue weighted by Crippen LogP contribution is -2.43. The highest BCUT2D eigenvalue weighted by molar-refractivity contribution is 7.08. The van der Waals surface area contributed by atoms with Gasteiger partial charge in [0, 0.05) is 36.8 Å². The number of carbonyl (C=O) groups excluding carboxylic acids is 2. The van der Waals surface area contributed by atoms with Gasteiger partial charge in [0.25, 0.3) is 5.91 Å². The standard InChI is InChI=1S/C39H33N3O5S/c1-46-36-18-32-33(40-21-28-17-26(27-11-14-48-23-27)9-12-41(28)39(32)45)19-37(36)47-22-25-6-4-5-24(15-25)16-38(44)42-13-10-30-29-7-2-3-8-31(29)35(43)20-34(30)42/h2-9,11,14-15,18-21,23,28,43H,10,12-13,16-17,22H2,1H3/t28-/m0/s1. The van der Waals surface area contributed by atoms with Crippen LogP contribution in [0.2, 0.25) is 0 Å². The first-order valence-electron chi connectivity index (χ1n) is 16.0. The van der Waals surface area contributed by atoms with E-state index < -0.39 is 0 Å². The maximum Gasteiger partial charge on any atom is 0.257 e. The van der Waals surface area contributed by atoms with Crippen molar-refractivity contribution in [2.24, 2.45) is 4.99 Å². The van der Waals surface area contributed by atoms with Crippen molar-refractivity contribution in [3.8, 4) is 17.2 Å². The number of fused-ring (bicyclic) bond motifs is 5. The molecule has 4 aromatic carbocycles. The third-order valence-corrected chi connectivity index (χ3v) is 10.1. The molecule has 4 heterocycles. The Balaban J connectivity index is 0.976. The minimum absolute atomic E-state index is 0.0228. The molecular formula is C39H33N3O5S. The molecule has 9 heteroatoms. The van der Waals surface area contributed by atoms with Crippen molar-refractivity contribution in [3.05, 3.63) is 117 Å². The summed E-state index contributed by atoms with van der Waals surface area (Å²) in [6.07, 6.45) is 5.67. The molecule has 8 rings (SSSR count). The number of amides is 2. The summed E-state index contributed by atoms with van der Waals surface area (Å²) in [6, 6.07) is 22.7. The normalized spacial score (nSPS) is 16.6. The van der Waals surface area contributed by atoms with Gasteiger partial charge >= 0.3 is 0 Å². The van der Waals surface area contributed by atoms with Crippen LogP contribution >= 0.6 is 11.3 Å². The molecular weight excluding hydrogens is 623 g/mol. The van der Waals surface area contributed by atoms with Gasteiger partial charge in [0.2, 0.25) is 5.91 Å². The number of methoxy groups -OCH3 is 1. The van der Waals surface area contributed by atoms with Crippen LogP contribution in [0.1, 0.15) is 39.0 Å². The largest absolute Gasteiger partial charge is 0.507 e. The maximum atomic E-state index is 13.7. The van der Waals surface area contributed by atoms with E-state index in [9.17, 15) is 14.7 Å². The van der Waals surface area contributed by atoms with E-state index in [0.29, 0.717) is 42.3 Å². The van der Waals surface area contributed by atoms with E-state index in [1.165, 1.54) is 11.1 Å². The molecule has 3 aliphatic heterocycles. The second-order valence-electron chi connectivity index (χ2n) is 12.3. The van der Waals surface area contributed by atoms with Crippen molar-refractivity contribution >= 4 is 57.1 Å². The first-order chi connectivity index (χ1) is 23.5. The van der Waals surface area contributed by atoms with Crippen molar-refractivity contribution in [1.82, 2.24) is 4.90 Å². The Morgan fingerprint density at radius 3 is 2.71 bits per heavy atom. The summed E-state index contributed by atoms with van der Waals surface area (Å²) in [6.45, 7) is 1.34. The number of thiophene rings is 1. The van der Waals surface area contributed by atoms with Crippen LogP contribution < -0.4 is 14.4 Å². The minimum atomic E-state index is -0.135. The summed E-state index contributed by atoms with van der Waals surface area (Å²) < 4.78 is 11.9. The predicted molar refractivity (Wildman–Crippen MR) is 189 cm³/mol. The summed E-state index contributed by atoms with van der Waals surface area (Å²) in [4.78, 5) is 35.5. The van der Waals surface area contributed by atoms with Crippen molar-refractivity contribution in [2.75, 3.05) is 25.1 Å². The molecule has 0 radical (unpaired) electrons. The second kappa shape index (κ2) is 12.3. The minimum Gasteiger partial charge on any atom is -0.507 e. The third kappa shape index (κ3) is 5.40.